The van der Waals surface area contributed by atoms with Crippen LogP contribution in [0.4, 0.5) is 0 Å². The first-order chi connectivity index (χ1) is 14.9. The van der Waals surface area contributed by atoms with Gasteiger partial charge in [-0.25, -0.2) is 9.13 Å². The van der Waals surface area contributed by atoms with Crippen LogP contribution in [0.2, 0.25) is 0 Å². The molecule has 1 aromatic heterocycles. The first-order valence-corrected chi connectivity index (χ1v) is 12.0. The van der Waals surface area contributed by atoms with Crippen LogP contribution in [0.15, 0.2) is 79.4 Å². The Labute approximate surface area is 200 Å². The molecule has 0 bridgehead atoms. The number of benzene rings is 2. The Hall–Kier alpha value is -1.87. The number of hydrogen-bond donors (Lipinski definition) is 0. The van der Waals surface area contributed by atoms with Crippen LogP contribution < -0.4 is 21.5 Å². The van der Waals surface area contributed by atoms with Crippen molar-refractivity contribution in [2.45, 2.75) is 83.7 Å². The smallest absolute Gasteiger partial charge is 0.244 e. The number of halogens is 1. The highest BCUT2D eigenvalue weighted by Crippen LogP contribution is 2.25. The number of hydrogen-bond acceptors (Lipinski definition) is 0. The summed E-state index contributed by atoms with van der Waals surface area (Å²) in [5.41, 5.74) is 2.65. The van der Waals surface area contributed by atoms with Gasteiger partial charge in [0.05, 0.1) is 6.54 Å². The third-order valence-corrected chi connectivity index (χ3v) is 6.01. The molecular weight excluding hydrogens is 444 g/mol. The van der Waals surface area contributed by atoms with Crippen molar-refractivity contribution in [2.24, 2.45) is 0 Å². The first-order valence-electron chi connectivity index (χ1n) is 12.0. The zero-order valence-corrected chi connectivity index (χ0v) is 20.7. The molecule has 0 N–H and O–H groups in total. The van der Waals surface area contributed by atoms with Crippen molar-refractivity contribution in [1.29, 1.82) is 0 Å². The van der Waals surface area contributed by atoms with E-state index in [0.29, 0.717) is 0 Å². The minimum absolute atomic E-state index is 0. The summed E-state index contributed by atoms with van der Waals surface area (Å²) in [5.74, 6) is 0. The Morgan fingerprint density at radius 2 is 1.16 bits per heavy atom. The van der Waals surface area contributed by atoms with Gasteiger partial charge in [0.2, 0.25) is 6.33 Å². The summed E-state index contributed by atoms with van der Waals surface area (Å²) in [5, 5.41) is 0. The van der Waals surface area contributed by atoms with Crippen LogP contribution >= 0.6 is 0 Å². The zero-order chi connectivity index (χ0) is 20.9. The van der Waals surface area contributed by atoms with Gasteiger partial charge in [-0.3, -0.25) is 0 Å². The molecule has 2 nitrogen and oxygen atoms in total. The van der Waals surface area contributed by atoms with E-state index in [9.17, 15) is 0 Å². The van der Waals surface area contributed by atoms with Crippen molar-refractivity contribution in [1.82, 2.24) is 4.57 Å². The monoisotopic (exact) mass is 482 g/mol. The zero-order valence-electron chi connectivity index (χ0n) is 19.1. The van der Waals surface area contributed by atoms with Crippen molar-refractivity contribution in [3.05, 3.63) is 90.5 Å². The van der Waals surface area contributed by atoms with Crippen LogP contribution in [0.3, 0.4) is 0 Å². The Bertz CT molecular complexity index is 774. The molecule has 3 rings (SSSR count). The van der Waals surface area contributed by atoms with E-state index in [-0.39, 0.29) is 23.0 Å². The number of nitrogens with zero attached hydrogens (tertiary/aromatic N) is 2. The van der Waals surface area contributed by atoms with Gasteiger partial charge in [0, 0.05) is 11.1 Å². The molecule has 3 aromatic rings. The standard InChI is InChI=1S/C28H39N2.BrH/c1-2-3-4-5-6-7-8-9-10-17-22-29-23-24-30(25-29)28(26-18-13-11-14-19-26)27-20-15-12-16-21-27;/h11-16,18-21,23-25,28H,2-10,17,22H2,1H3;1H/q+1;/p-1. The van der Waals surface area contributed by atoms with Crippen molar-refractivity contribution in [3.8, 4) is 0 Å². The molecule has 1 heterocycles. The second kappa shape index (κ2) is 15.0. The van der Waals surface area contributed by atoms with Gasteiger partial charge >= 0.3 is 0 Å². The summed E-state index contributed by atoms with van der Waals surface area (Å²) >= 11 is 0. The summed E-state index contributed by atoms with van der Waals surface area (Å²) in [4.78, 5) is 0. The molecule has 0 unspecified atom stereocenters. The fraction of sp³-hybridized carbons (Fsp3) is 0.464. The lowest BCUT2D eigenvalue weighted by Gasteiger charge is -2.14. The summed E-state index contributed by atoms with van der Waals surface area (Å²) in [6, 6.07) is 21.8. The van der Waals surface area contributed by atoms with Crippen LogP contribution in [0.25, 0.3) is 0 Å². The molecule has 0 aliphatic heterocycles. The van der Waals surface area contributed by atoms with Gasteiger partial charge < -0.3 is 17.0 Å². The number of imidazole rings is 1. The van der Waals surface area contributed by atoms with Crippen molar-refractivity contribution >= 4 is 0 Å². The summed E-state index contributed by atoms with van der Waals surface area (Å²) in [6.45, 7) is 3.40. The molecule has 0 saturated carbocycles. The molecular formula is C28H39BrN2. The third kappa shape index (κ3) is 8.65. The van der Waals surface area contributed by atoms with E-state index in [1.54, 1.807) is 0 Å². The maximum Gasteiger partial charge on any atom is 0.244 e. The lowest BCUT2D eigenvalue weighted by atomic mass is 9.99. The van der Waals surface area contributed by atoms with E-state index in [1.165, 1.54) is 75.3 Å². The number of rotatable bonds is 14. The Kier molecular flexibility index (Phi) is 12.3. The molecule has 0 aliphatic carbocycles. The normalized spacial score (nSPS) is 10.9. The van der Waals surface area contributed by atoms with E-state index in [0.717, 1.165) is 6.54 Å². The average molecular weight is 484 g/mol. The van der Waals surface area contributed by atoms with E-state index in [1.807, 2.05) is 0 Å². The molecule has 0 aliphatic rings. The maximum atomic E-state index is 2.35. The molecule has 0 atom stereocenters. The quantitative estimate of drug-likeness (QED) is 0.238. The fourth-order valence-electron chi connectivity index (χ4n) is 4.29. The lowest BCUT2D eigenvalue weighted by molar-refractivity contribution is -0.697. The SMILES string of the molecule is CCCCCCCCCCCC[n+]1ccn(C(c2ccccc2)c2ccccc2)c1.[Br-]. The van der Waals surface area contributed by atoms with Crippen LogP contribution in [0.5, 0.6) is 0 Å². The Morgan fingerprint density at radius 1 is 0.677 bits per heavy atom. The van der Waals surface area contributed by atoms with Crippen molar-refractivity contribution < 1.29 is 21.5 Å². The minimum atomic E-state index is 0. The molecule has 2 aromatic carbocycles. The molecule has 0 fully saturated rings. The predicted molar refractivity (Wildman–Crippen MR) is 127 cm³/mol. The molecule has 0 radical (unpaired) electrons. The largest absolute Gasteiger partial charge is 1.00 e. The van der Waals surface area contributed by atoms with E-state index in [4.69, 9.17) is 0 Å². The van der Waals surface area contributed by atoms with Crippen LogP contribution in [-0.4, -0.2) is 4.57 Å². The molecule has 0 amide bonds. The highest BCUT2D eigenvalue weighted by Gasteiger charge is 2.21. The first kappa shape index (κ1) is 25.4. The van der Waals surface area contributed by atoms with Gasteiger partial charge in [-0.05, 0) is 12.8 Å². The summed E-state index contributed by atoms with van der Waals surface area (Å²) < 4.78 is 4.70. The van der Waals surface area contributed by atoms with Gasteiger partial charge in [0.15, 0.2) is 6.04 Å². The van der Waals surface area contributed by atoms with Gasteiger partial charge in [-0.2, -0.15) is 0 Å². The maximum absolute atomic E-state index is 2.35. The number of unbranched alkanes of at least 4 members (excludes halogenated alkanes) is 9. The Balaban J connectivity index is 0.00000341. The van der Waals surface area contributed by atoms with Gasteiger partial charge in [0.1, 0.15) is 12.4 Å². The second-order valence-corrected chi connectivity index (χ2v) is 8.50. The highest BCUT2D eigenvalue weighted by molar-refractivity contribution is 5.32. The van der Waals surface area contributed by atoms with Crippen LogP contribution in [0, 0.1) is 0 Å². The van der Waals surface area contributed by atoms with Crippen molar-refractivity contribution in [2.75, 3.05) is 0 Å². The third-order valence-electron chi connectivity index (χ3n) is 6.01. The Morgan fingerprint density at radius 3 is 1.68 bits per heavy atom. The molecule has 3 heteroatoms. The molecule has 168 valence electrons. The van der Waals surface area contributed by atoms with Crippen LogP contribution in [-0.2, 0) is 6.54 Å². The second-order valence-electron chi connectivity index (χ2n) is 8.50. The van der Waals surface area contributed by atoms with Gasteiger partial charge in [0.25, 0.3) is 0 Å². The average Bonchev–Trinajstić information content (AvgIpc) is 3.25. The van der Waals surface area contributed by atoms with Gasteiger partial charge in [-0.15, -0.1) is 0 Å². The van der Waals surface area contributed by atoms with E-state index >= 15 is 0 Å². The van der Waals surface area contributed by atoms with Gasteiger partial charge in [-0.1, -0.05) is 119 Å². The molecule has 0 spiro atoms. The van der Waals surface area contributed by atoms with Crippen LogP contribution in [0.1, 0.15) is 88.3 Å². The highest BCUT2D eigenvalue weighted by atomic mass is 79.9. The number of aryl methyl sites for hydroxylation is 1. The molecule has 31 heavy (non-hydrogen) atoms. The van der Waals surface area contributed by atoms with E-state index in [2.05, 4.69) is 95.4 Å². The summed E-state index contributed by atoms with van der Waals surface area (Å²) in [7, 11) is 0. The minimum Gasteiger partial charge on any atom is -1.00 e. The fourth-order valence-corrected chi connectivity index (χ4v) is 4.29. The lowest BCUT2D eigenvalue weighted by Crippen LogP contribution is -3.00. The number of aromatic nitrogens is 2. The predicted octanol–water partition coefficient (Wildman–Crippen LogP) is 4.34. The summed E-state index contributed by atoms with van der Waals surface area (Å²) in [6.07, 6.45) is 20.6. The van der Waals surface area contributed by atoms with Crippen molar-refractivity contribution in [3.63, 3.8) is 0 Å². The topological polar surface area (TPSA) is 8.81 Å². The van der Waals surface area contributed by atoms with E-state index < -0.39 is 0 Å². The molecule has 0 saturated heterocycles.